The quantitative estimate of drug-likeness (QED) is 0.527. The highest BCUT2D eigenvalue weighted by Gasteiger charge is 2.33. The average molecular weight is 387 g/mol. The van der Waals surface area contributed by atoms with Gasteiger partial charge in [-0.2, -0.15) is 0 Å². The van der Waals surface area contributed by atoms with E-state index in [0.717, 1.165) is 5.56 Å². The van der Waals surface area contributed by atoms with Crippen LogP contribution in [0.1, 0.15) is 23.7 Å². The number of rotatable bonds is 10. The number of esters is 1. The first-order valence-corrected chi connectivity index (χ1v) is 8.88. The van der Waals surface area contributed by atoms with Crippen LogP contribution in [0.2, 0.25) is 0 Å². The molecule has 0 amide bonds. The Bertz CT molecular complexity index is 762. The molecule has 7 heteroatoms. The van der Waals surface area contributed by atoms with E-state index in [1.54, 1.807) is 36.4 Å². The second kappa shape index (κ2) is 10.6. The van der Waals surface area contributed by atoms with Crippen molar-refractivity contribution in [2.75, 3.05) is 13.7 Å². The van der Waals surface area contributed by atoms with Gasteiger partial charge in [-0.1, -0.05) is 42.5 Å². The Balaban J connectivity index is 2.16. The van der Waals surface area contributed by atoms with Crippen molar-refractivity contribution < 1.29 is 29.3 Å². The summed E-state index contributed by atoms with van der Waals surface area (Å²) >= 11 is 0. The number of benzene rings is 2. The van der Waals surface area contributed by atoms with Crippen LogP contribution in [0.4, 0.5) is 0 Å². The second-order valence-electron chi connectivity index (χ2n) is 6.38. The summed E-state index contributed by atoms with van der Waals surface area (Å²) in [4.78, 5) is 24.8. The van der Waals surface area contributed by atoms with Crippen molar-refractivity contribution in [3.05, 3.63) is 65.7 Å². The van der Waals surface area contributed by atoms with Gasteiger partial charge < -0.3 is 25.4 Å². The molecule has 0 heterocycles. The first kappa shape index (κ1) is 21.6. The molecule has 0 aliphatic heterocycles. The Morgan fingerprint density at radius 2 is 1.71 bits per heavy atom. The number of carbonyl (C=O) groups is 2. The molecule has 0 unspecified atom stereocenters. The van der Waals surface area contributed by atoms with Crippen LogP contribution >= 0.6 is 0 Å². The van der Waals surface area contributed by atoms with Crippen LogP contribution < -0.4 is 10.5 Å². The first-order chi connectivity index (χ1) is 13.5. The van der Waals surface area contributed by atoms with Crippen LogP contribution in [-0.2, 0) is 20.9 Å². The molecule has 0 aliphatic carbocycles. The number of hydrogen-bond donors (Lipinski definition) is 3. The number of methoxy groups -OCH3 is 1. The third-order valence-corrected chi connectivity index (χ3v) is 4.40. The number of ether oxygens (including phenoxy) is 2. The van der Waals surface area contributed by atoms with Gasteiger partial charge in [0.15, 0.2) is 5.78 Å². The minimum absolute atomic E-state index is 0.0196. The summed E-state index contributed by atoms with van der Waals surface area (Å²) in [5.41, 5.74) is 6.78. The highest BCUT2D eigenvalue weighted by molar-refractivity contribution is 5.88. The summed E-state index contributed by atoms with van der Waals surface area (Å²) in [6.45, 7) is -0.519. The van der Waals surface area contributed by atoms with Crippen LogP contribution in [0, 0.1) is 5.92 Å². The fourth-order valence-corrected chi connectivity index (χ4v) is 2.66. The lowest BCUT2D eigenvalue weighted by Gasteiger charge is -2.22. The molecule has 7 nitrogen and oxygen atoms in total. The fraction of sp³-hybridized carbons (Fsp3) is 0.333. The zero-order chi connectivity index (χ0) is 20.5. The van der Waals surface area contributed by atoms with Crippen molar-refractivity contribution >= 4 is 11.8 Å². The maximum atomic E-state index is 12.6. The zero-order valence-electron chi connectivity index (χ0n) is 15.7. The number of Topliss-reactive ketones (excluding diaryl/α,β-unsaturated/α-hetero) is 1. The molecule has 150 valence electrons. The van der Waals surface area contributed by atoms with Gasteiger partial charge in [0.1, 0.15) is 12.4 Å². The first-order valence-electron chi connectivity index (χ1n) is 8.88. The van der Waals surface area contributed by atoms with Gasteiger partial charge in [-0.15, -0.1) is 0 Å². The van der Waals surface area contributed by atoms with Crippen molar-refractivity contribution in [3.8, 4) is 5.75 Å². The normalized spacial score (nSPS) is 14.0. The molecule has 3 atom stereocenters. The van der Waals surface area contributed by atoms with Crippen molar-refractivity contribution in [3.63, 3.8) is 0 Å². The predicted octanol–water partition coefficient (Wildman–Crippen LogP) is 1.37. The number of ketones is 1. The van der Waals surface area contributed by atoms with Gasteiger partial charge in [-0.3, -0.25) is 9.59 Å². The molecular formula is C21H25NO6. The summed E-state index contributed by atoms with van der Waals surface area (Å²) in [7, 11) is 1.52. The molecular weight excluding hydrogens is 362 g/mol. The minimum Gasteiger partial charge on any atom is -0.497 e. The molecule has 0 saturated heterocycles. The Morgan fingerprint density at radius 1 is 1.07 bits per heavy atom. The Labute approximate surface area is 163 Å². The van der Waals surface area contributed by atoms with E-state index in [0.29, 0.717) is 11.3 Å². The van der Waals surface area contributed by atoms with Gasteiger partial charge in [-0.05, 0) is 23.3 Å². The Morgan fingerprint density at radius 3 is 2.29 bits per heavy atom. The number of aliphatic hydroxyl groups is 2. The van der Waals surface area contributed by atoms with Gasteiger partial charge >= 0.3 is 5.97 Å². The van der Waals surface area contributed by atoms with Crippen molar-refractivity contribution in [1.29, 1.82) is 0 Å². The molecule has 0 aromatic heterocycles. The highest BCUT2D eigenvalue weighted by Crippen LogP contribution is 2.28. The van der Waals surface area contributed by atoms with E-state index >= 15 is 0 Å². The van der Waals surface area contributed by atoms with E-state index in [9.17, 15) is 14.7 Å². The Kier molecular flexibility index (Phi) is 8.13. The topological polar surface area (TPSA) is 119 Å². The van der Waals surface area contributed by atoms with E-state index in [1.165, 1.54) is 7.11 Å². The molecule has 0 saturated carbocycles. The number of aliphatic hydroxyl groups excluding tert-OH is 2. The fourth-order valence-electron chi connectivity index (χ4n) is 2.66. The van der Waals surface area contributed by atoms with E-state index in [2.05, 4.69) is 0 Å². The van der Waals surface area contributed by atoms with Gasteiger partial charge in [0.05, 0.1) is 31.8 Å². The van der Waals surface area contributed by atoms with Gasteiger partial charge in [-0.25, -0.2) is 0 Å². The zero-order valence-corrected chi connectivity index (χ0v) is 15.7. The molecule has 0 spiro atoms. The van der Waals surface area contributed by atoms with Crippen LogP contribution in [0.5, 0.6) is 5.75 Å². The molecule has 2 aromatic rings. The standard InChI is InChI=1S/C21H25NO6/c1-27-16-9-7-15(8-10-16)20(25)17(11-19(24)18(22)12-23)21(26)28-13-14-5-3-2-4-6-14/h2-10,17-18,20,23,25H,11-13,22H2,1H3/t17-,18-,20+/m0/s1. The van der Waals surface area contributed by atoms with Crippen molar-refractivity contribution in [1.82, 2.24) is 0 Å². The number of hydrogen-bond acceptors (Lipinski definition) is 7. The molecule has 28 heavy (non-hydrogen) atoms. The molecule has 4 N–H and O–H groups in total. The number of carbonyl (C=O) groups excluding carboxylic acids is 2. The second-order valence-corrected chi connectivity index (χ2v) is 6.38. The summed E-state index contributed by atoms with van der Waals surface area (Å²) in [6, 6.07) is 14.5. The largest absolute Gasteiger partial charge is 0.497 e. The van der Waals surface area contributed by atoms with E-state index in [-0.39, 0.29) is 13.0 Å². The third-order valence-electron chi connectivity index (χ3n) is 4.40. The molecule has 0 fully saturated rings. The van der Waals surface area contributed by atoms with E-state index in [1.807, 2.05) is 18.2 Å². The number of nitrogens with two attached hydrogens (primary N) is 1. The maximum absolute atomic E-state index is 12.6. The van der Waals surface area contributed by atoms with E-state index < -0.39 is 36.4 Å². The lowest BCUT2D eigenvalue weighted by molar-refractivity contribution is -0.156. The molecule has 0 radical (unpaired) electrons. The summed E-state index contributed by atoms with van der Waals surface area (Å²) < 4.78 is 10.4. The smallest absolute Gasteiger partial charge is 0.312 e. The predicted molar refractivity (Wildman–Crippen MR) is 102 cm³/mol. The average Bonchev–Trinajstić information content (AvgIpc) is 2.75. The summed E-state index contributed by atoms with van der Waals surface area (Å²) in [5.74, 6) is -1.80. The minimum atomic E-state index is -1.27. The SMILES string of the molecule is COc1ccc([C@@H](O)[C@H](CC(=O)[C@@H](N)CO)C(=O)OCc2ccccc2)cc1. The van der Waals surface area contributed by atoms with Crippen molar-refractivity contribution in [2.45, 2.75) is 25.2 Å². The van der Waals surface area contributed by atoms with Crippen LogP contribution in [-0.4, -0.2) is 41.7 Å². The lowest BCUT2D eigenvalue weighted by atomic mass is 9.89. The maximum Gasteiger partial charge on any atom is 0.312 e. The Hall–Kier alpha value is -2.74. The summed E-state index contributed by atoms with van der Waals surface area (Å²) in [6.07, 6.45) is -1.62. The third kappa shape index (κ3) is 5.88. The summed E-state index contributed by atoms with van der Waals surface area (Å²) in [5, 5.41) is 19.8. The molecule has 0 bridgehead atoms. The van der Waals surface area contributed by atoms with Gasteiger partial charge in [0, 0.05) is 6.42 Å². The molecule has 2 rings (SSSR count). The van der Waals surface area contributed by atoms with E-state index in [4.69, 9.17) is 20.3 Å². The monoisotopic (exact) mass is 387 g/mol. The van der Waals surface area contributed by atoms with Crippen LogP contribution in [0.3, 0.4) is 0 Å². The van der Waals surface area contributed by atoms with Gasteiger partial charge in [0.25, 0.3) is 0 Å². The highest BCUT2D eigenvalue weighted by atomic mass is 16.5. The van der Waals surface area contributed by atoms with Crippen LogP contribution in [0.15, 0.2) is 54.6 Å². The lowest BCUT2D eigenvalue weighted by Crippen LogP contribution is -2.37. The van der Waals surface area contributed by atoms with Gasteiger partial charge in [0.2, 0.25) is 0 Å². The van der Waals surface area contributed by atoms with Crippen molar-refractivity contribution in [2.24, 2.45) is 11.7 Å². The molecule has 2 aromatic carbocycles. The molecule has 0 aliphatic rings. The van der Waals surface area contributed by atoms with Crippen LogP contribution in [0.25, 0.3) is 0 Å².